The zero-order chi connectivity index (χ0) is 14.8. The van der Waals surface area contributed by atoms with Gasteiger partial charge in [0, 0.05) is 12.1 Å². The average molecular weight is 283 g/mol. The van der Waals surface area contributed by atoms with Gasteiger partial charge in [-0.2, -0.15) is 0 Å². The quantitative estimate of drug-likeness (QED) is 0.594. The van der Waals surface area contributed by atoms with Crippen LogP contribution >= 0.6 is 0 Å². The van der Waals surface area contributed by atoms with Crippen LogP contribution in [-0.4, -0.2) is 30.1 Å². The normalized spacial score (nSPS) is 25.1. The molecule has 0 saturated heterocycles. The van der Waals surface area contributed by atoms with Crippen LogP contribution in [0.4, 0.5) is 0 Å². The second-order valence-corrected chi connectivity index (χ2v) is 6.73. The molecular weight excluding hydrogens is 244 g/mol. The molecule has 2 heteroatoms. The van der Waals surface area contributed by atoms with Crippen LogP contribution < -0.4 is 5.73 Å². The molecule has 0 aromatic heterocycles. The highest BCUT2D eigenvalue weighted by Crippen LogP contribution is 2.30. The summed E-state index contributed by atoms with van der Waals surface area (Å²) in [5, 5.41) is 0. The highest BCUT2D eigenvalue weighted by molar-refractivity contribution is 4.86. The Bertz CT molecular complexity index is 229. The molecule has 0 radical (unpaired) electrons. The van der Waals surface area contributed by atoms with E-state index >= 15 is 0 Å². The van der Waals surface area contributed by atoms with Crippen LogP contribution in [0.1, 0.15) is 85.0 Å². The zero-order valence-corrected chi connectivity index (χ0v) is 14.2. The Labute approximate surface area is 127 Å². The average Bonchev–Trinajstić information content (AvgIpc) is 2.48. The topological polar surface area (TPSA) is 29.3 Å². The van der Waals surface area contributed by atoms with Gasteiger partial charge in [0.05, 0.1) is 0 Å². The maximum atomic E-state index is 6.01. The van der Waals surface area contributed by atoms with E-state index in [1.165, 1.54) is 70.8 Å². The van der Waals surface area contributed by atoms with Crippen LogP contribution in [0.3, 0.4) is 0 Å². The molecule has 2 nitrogen and oxygen atoms in total. The van der Waals surface area contributed by atoms with Crippen molar-refractivity contribution in [1.29, 1.82) is 0 Å². The van der Waals surface area contributed by atoms with Crippen molar-refractivity contribution in [3.05, 3.63) is 0 Å². The number of rotatable bonds is 10. The summed E-state index contributed by atoms with van der Waals surface area (Å²) < 4.78 is 0. The number of nitrogens with two attached hydrogens (primary N) is 1. The molecule has 0 heterocycles. The van der Waals surface area contributed by atoms with Crippen LogP contribution in [0.25, 0.3) is 0 Å². The summed E-state index contributed by atoms with van der Waals surface area (Å²) in [5.74, 6) is 0.742. The maximum Gasteiger partial charge on any atom is 0.0138 e. The van der Waals surface area contributed by atoms with Gasteiger partial charge in [0.25, 0.3) is 0 Å². The predicted octanol–water partition coefficient (Wildman–Crippen LogP) is 4.57. The van der Waals surface area contributed by atoms with Gasteiger partial charge in [-0.1, -0.05) is 58.8 Å². The smallest absolute Gasteiger partial charge is 0.0138 e. The molecule has 1 saturated carbocycles. The minimum absolute atomic E-state index is 0.735. The second-order valence-electron chi connectivity index (χ2n) is 6.73. The lowest BCUT2D eigenvalue weighted by Gasteiger charge is -2.42. The Morgan fingerprint density at radius 3 is 2.40 bits per heavy atom. The van der Waals surface area contributed by atoms with Gasteiger partial charge >= 0.3 is 0 Å². The standard InChI is InChI=1S/C18H38N2/c1-4-6-7-8-9-12-16(3)20(5-2)18-14-11-10-13-17(18)15-19/h16-18H,4-15,19H2,1-3H3. The largest absolute Gasteiger partial charge is 0.330 e. The Morgan fingerprint density at radius 2 is 1.75 bits per heavy atom. The highest BCUT2D eigenvalue weighted by Gasteiger charge is 2.30. The zero-order valence-electron chi connectivity index (χ0n) is 14.2. The van der Waals surface area contributed by atoms with Crippen molar-refractivity contribution < 1.29 is 0 Å². The molecule has 0 aromatic carbocycles. The van der Waals surface area contributed by atoms with E-state index in [0.717, 1.165) is 24.5 Å². The molecule has 3 atom stereocenters. The molecule has 3 unspecified atom stereocenters. The van der Waals surface area contributed by atoms with E-state index in [9.17, 15) is 0 Å². The van der Waals surface area contributed by atoms with E-state index in [0.29, 0.717) is 0 Å². The molecule has 0 aromatic rings. The molecule has 2 N–H and O–H groups in total. The fourth-order valence-electron chi connectivity index (χ4n) is 3.98. The third-order valence-corrected chi connectivity index (χ3v) is 5.25. The van der Waals surface area contributed by atoms with Crippen LogP contribution in [0.15, 0.2) is 0 Å². The van der Waals surface area contributed by atoms with Crippen molar-refractivity contribution in [3.8, 4) is 0 Å². The molecular formula is C18H38N2. The molecule has 1 aliphatic rings. The van der Waals surface area contributed by atoms with E-state index in [2.05, 4.69) is 25.7 Å². The lowest BCUT2D eigenvalue weighted by atomic mass is 9.82. The van der Waals surface area contributed by atoms with Crippen LogP contribution in [-0.2, 0) is 0 Å². The third-order valence-electron chi connectivity index (χ3n) is 5.25. The Morgan fingerprint density at radius 1 is 1.05 bits per heavy atom. The first-order valence-corrected chi connectivity index (χ1v) is 9.20. The summed E-state index contributed by atoms with van der Waals surface area (Å²) in [6, 6.07) is 1.49. The van der Waals surface area contributed by atoms with Gasteiger partial charge < -0.3 is 5.73 Å². The highest BCUT2D eigenvalue weighted by atomic mass is 15.2. The van der Waals surface area contributed by atoms with E-state index in [1.54, 1.807) is 0 Å². The summed E-state index contributed by atoms with van der Waals surface area (Å²) in [6.45, 7) is 9.13. The lowest BCUT2D eigenvalue weighted by Crippen LogP contribution is -2.48. The first kappa shape index (κ1) is 18.0. The Hall–Kier alpha value is -0.0800. The summed E-state index contributed by atoms with van der Waals surface area (Å²) in [6.07, 6.45) is 13.9. The number of hydrogen-bond donors (Lipinski definition) is 1. The van der Waals surface area contributed by atoms with E-state index in [-0.39, 0.29) is 0 Å². The number of nitrogens with zero attached hydrogens (tertiary/aromatic N) is 1. The van der Waals surface area contributed by atoms with Crippen molar-refractivity contribution in [1.82, 2.24) is 4.90 Å². The summed E-state index contributed by atoms with van der Waals surface area (Å²) >= 11 is 0. The molecule has 1 aliphatic carbocycles. The molecule has 1 fully saturated rings. The van der Waals surface area contributed by atoms with Crippen LogP contribution in [0, 0.1) is 5.92 Å². The van der Waals surface area contributed by atoms with Crippen molar-refractivity contribution in [3.63, 3.8) is 0 Å². The van der Waals surface area contributed by atoms with Crippen molar-refractivity contribution in [2.45, 2.75) is 97.1 Å². The van der Waals surface area contributed by atoms with Gasteiger partial charge in [-0.15, -0.1) is 0 Å². The van der Waals surface area contributed by atoms with Gasteiger partial charge in [0.2, 0.25) is 0 Å². The molecule has 1 rings (SSSR count). The molecule has 0 bridgehead atoms. The summed E-state index contributed by atoms with van der Waals surface area (Å²) in [4.78, 5) is 2.76. The summed E-state index contributed by atoms with van der Waals surface area (Å²) in [7, 11) is 0. The van der Waals surface area contributed by atoms with E-state index in [1.807, 2.05) is 0 Å². The molecule has 0 aliphatic heterocycles. The van der Waals surface area contributed by atoms with Gasteiger partial charge in [0.1, 0.15) is 0 Å². The first-order chi connectivity index (χ1) is 9.74. The third kappa shape index (κ3) is 5.73. The van der Waals surface area contributed by atoms with E-state index < -0.39 is 0 Å². The second kappa shape index (κ2) is 10.6. The van der Waals surface area contributed by atoms with Gasteiger partial charge in [0.15, 0.2) is 0 Å². The minimum Gasteiger partial charge on any atom is -0.330 e. The van der Waals surface area contributed by atoms with Crippen LogP contribution in [0.2, 0.25) is 0 Å². The number of unbranched alkanes of at least 4 members (excludes halogenated alkanes) is 4. The van der Waals surface area contributed by atoms with Crippen LogP contribution in [0.5, 0.6) is 0 Å². The molecule has 120 valence electrons. The monoisotopic (exact) mass is 282 g/mol. The predicted molar refractivity (Wildman–Crippen MR) is 90.0 cm³/mol. The molecule has 20 heavy (non-hydrogen) atoms. The van der Waals surface area contributed by atoms with E-state index in [4.69, 9.17) is 5.73 Å². The SMILES string of the molecule is CCCCCCCC(C)N(CC)C1CCCCC1CN. The lowest BCUT2D eigenvalue weighted by molar-refractivity contribution is 0.0725. The van der Waals surface area contributed by atoms with Crippen molar-refractivity contribution in [2.75, 3.05) is 13.1 Å². The first-order valence-electron chi connectivity index (χ1n) is 9.20. The fourth-order valence-corrected chi connectivity index (χ4v) is 3.98. The van der Waals surface area contributed by atoms with Crippen molar-refractivity contribution >= 4 is 0 Å². The van der Waals surface area contributed by atoms with Gasteiger partial charge in [-0.3, -0.25) is 4.90 Å². The Balaban J connectivity index is 2.38. The Kier molecular flexibility index (Phi) is 9.54. The minimum atomic E-state index is 0.735. The van der Waals surface area contributed by atoms with Gasteiger partial charge in [-0.05, 0) is 45.2 Å². The summed E-state index contributed by atoms with van der Waals surface area (Å²) in [5.41, 5.74) is 6.01. The molecule has 0 amide bonds. The van der Waals surface area contributed by atoms with Crippen molar-refractivity contribution in [2.24, 2.45) is 11.7 Å². The number of hydrogen-bond acceptors (Lipinski definition) is 2. The van der Waals surface area contributed by atoms with Gasteiger partial charge in [-0.25, -0.2) is 0 Å². The molecule has 0 spiro atoms. The maximum absolute atomic E-state index is 6.01. The fraction of sp³-hybridized carbons (Fsp3) is 1.00.